The summed E-state index contributed by atoms with van der Waals surface area (Å²) in [6, 6.07) is 15.2. The Balaban J connectivity index is 2.08. The van der Waals surface area contributed by atoms with Crippen LogP contribution in [-0.4, -0.2) is 58.0 Å². The Hall–Kier alpha value is -4.12. The standard InChI is InChI=1S/C30H36FN3O6S/c1-20(2)32-30(36)22(4)33(18-23-10-8-7-9-21(23)3)29(35)19-34(25-13-11-24(31)12-14-25)41(37,38)26-15-16-27(39-5)28(17-26)40-6/h7-17,20,22H,18-19H2,1-6H3,(H,32,36)/t22-/m0/s1. The van der Waals surface area contributed by atoms with Crippen molar-refractivity contribution in [3.05, 3.63) is 83.7 Å². The first-order valence-corrected chi connectivity index (χ1v) is 14.5. The quantitative estimate of drug-likeness (QED) is 0.340. The van der Waals surface area contributed by atoms with Gasteiger partial charge in [0.2, 0.25) is 11.8 Å². The molecule has 3 rings (SSSR count). The summed E-state index contributed by atoms with van der Waals surface area (Å²) in [5.41, 5.74) is 1.79. The molecule has 0 aliphatic rings. The van der Waals surface area contributed by atoms with Gasteiger partial charge < -0.3 is 19.7 Å². The minimum Gasteiger partial charge on any atom is -0.493 e. The number of hydrogen-bond acceptors (Lipinski definition) is 6. The van der Waals surface area contributed by atoms with Gasteiger partial charge in [-0.15, -0.1) is 0 Å². The van der Waals surface area contributed by atoms with Crippen molar-refractivity contribution < 1.29 is 31.9 Å². The van der Waals surface area contributed by atoms with Crippen molar-refractivity contribution in [3.8, 4) is 11.5 Å². The lowest BCUT2D eigenvalue weighted by molar-refractivity contribution is -0.139. The number of benzene rings is 3. The Morgan fingerprint density at radius 2 is 1.56 bits per heavy atom. The first kappa shape index (κ1) is 31.4. The molecule has 0 aromatic heterocycles. The molecule has 11 heteroatoms. The van der Waals surface area contributed by atoms with E-state index in [0.717, 1.165) is 27.6 Å². The topological polar surface area (TPSA) is 105 Å². The Morgan fingerprint density at radius 3 is 2.15 bits per heavy atom. The van der Waals surface area contributed by atoms with Gasteiger partial charge in [-0.1, -0.05) is 24.3 Å². The fourth-order valence-electron chi connectivity index (χ4n) is 4.20. The zero-order valence-electron chi connectivity index (χ0n) is 24.0. The second kappa shape index (κ2) is 13.5. The van der Waals surface area contributed by atoms with E-state index in [1.165, 1.54) is 49.5 Å². The lowest BCUT2D eigenvalue weighted by Crippen LogP contribution is -2.52. The number of amides is 2. The number of aryl methyl sites for hydroxylation is 1. The number of rotatable bonds is 12. The van der Waals surface area contributed by atoms with Crippen LogP contribution in [0.1, 0.15) is 31.9 Å². The maximum atomic E-state index is 14.0. The Kier molecular flexibility index (Phi) is 10.3. The van der Waals surface area contributed by atoms with Crippen molar-refractivity contribution in [1.82, 2.24) is 10.2 Å². The number of carbonyl (C=O) groups is 2. The van der Waals surface area contributed by atoms with Crippen LogP contribution in [0.15, 0.2) is 71.6 Å². The van der Waals surface area contributed by atoms with Crippen LogP contribution in [-0.2, 0) is 26.2 Å². The predicted molar refractivity (Wildman–Crippen MR) is 155 cm³/mol. The number of nitrogens with one attached hydrogen (secondary N) is 1. The van der Waals surface area contributed by atoms with Crippen molar-refractivity contribution in [1.29, 1.82) is 0 Å². The minimum atomic E-state index is -4.37. The molecule has 0 spiro atoms. The highest BCUT2D eigenvalue weighted by Gasteiger charge is 2.33. The van der Waals surface area contributed by atoms with E-state index in [-0.39, 0.29) is 34.8 Å². The zero-order chi connectivity index (χ0) is 30.3. The Labute approximate surface area is 240 Å². The molecule has 3 aromatic carbocycles. The average molecular weight is 586 g/mol. The monoisotopic (exact) mass is 585 g/mol. The summed E-state index contributed by atoms with van der Waals surface area (Å²) < 4.78 is 53.2. The average Bonchev–Trinajstić information content (AvgIpc) is 2.94. The number of sulfonamides is 1. The van der Waals surface area contributed by atoms with Crippen LogP contribution >= 0.6 is 0 Å². The van der Waals surface area contributed by atoms with Gasteiger partial charge in [0.1, 0.15) is 18.4 Å². The fraction of sp³-hybridized carbons (Fsp3) is 0.333. The molecule has 0 unspecified atom stereocenters. The van der Waals surface area contributed by atoms with Gasteiger partial charge in [-0.05, 0) is 75.2 Å². The molecule has 220 valence electrons. The van der Waals surface area contributed by atoms with Crippen LogP contribution in [0.4, 0.5) is 10.1 Å². The summed E-state index contributed by atoms with van der Waals surface area (Å²) in [6.45, 7) is 6.54. The van der Waals surface area contributed by atoms with E-state index in [2.05, 4.69) is 5.32 Å². The maximum absolute atomic E-state index is 14.0. The summed E-state index contributed by atoms with van der Waals surface area (Å²) in [5.74, 6) is -1.06. The minimum absolute atomic E-state index is 0.0738. The predicted octanol–water partition coefficient (Wildman–Crippen LogP) is 4.29. The van der Waals surface area contributed by atoms with Crippen molar-refractivity contribution in [2.24, 2.45) is 0 Å². The number of carbonyl (C=O) groups excluding carboxylic acids is 2. The van der Waals surface area contributed by atoms with Crippen LogP contribution in [0, 0.1) is 12.7 Å². The number of nitrogens with zero attached hydrogens (tertiary/aromatic N) is 2. The fourth-order valence-corrected chi connectivity index (χ4v) is 5.63. The van der Waals surface area contributed by atoms with E-state index < -0.39 is 34.3 Å². The second-order valence-corrected chi connectivity index (χ2v) is 11.7. The molecule has 0 radical (unpaired) electrons. The van der Waals surface area contributed by atoms with E-state index in [0.29, 0.717) is 5.75 Å². The Morgan fingerprint density at radius 1 is 0.927 bits per heavy atom. The molecule has 0 aliphatic carbocycles. The molecule has 41 heavy (non-hydrogen) atoms. The third-order valence-corrected chi connectivity index (χ3v) is 8.31. The molecule has 0 heterocycles. The molecule has 0 aliphatic heterocycles. The van der Waals surface area contributed by atoms with E-state index in [4.69, 9.17) is 9.47 Å². The maximum Gasteiger partial charge on any atom is 0.264 e. The normalized spacial score (nSPS) is 12.0. The summed E-state index contributed by atoms with van der Waals surface area (Å²) in [7, 11) is -1.57. The SMILES string of the molecule is COc1ccc(S(=O)(=O)N(CC(=O)N(Cc2ccccc2C)[C@@H](C)C(=O)NC(C)C)c2ccc(F)cc2)cc1OC. The molecule has 0 saturated carbocycles. The van der Waals surface area contributed by atoms with Gasteiger partial charge in [0.15, 0.2) is 11.5 Å². The van der Waals surface area contributed by atoms with Gasteiger partial charge in [-0.2, -0.15) is 0 Å². The molecule has 3 aromatic rings. The third-order valence-electron chi connectivity index (χ3n) is 6.54. The van der Waals surface area contributed by atoms with Gasteiger partial charge >= 0.3 is 0 Å². The van der Waals surface area contributed by atoms with Crippen LogP contribution in [0.3, 0.4) is 0 Å². The van der Waals surface area contributed by atoms with Crippen molar-refractivity contribution >= 4 is 27.5 Å². The molecular formula is C30H36FN3O6S. The molecule has 0 saturated heterocycles. The number of halogens is 1. The summed E-state index contributed by atoms with van der Waals surface area (Å²) in [4.78, 5) is 28.2. The smallest absolute Gasteiger partial charge is 0.264 e. The van der Waals surface area contributed by atoms with Crippen LogP contribution in [0.5, 0.6) is 11.5 Å². The van der Waals surface area contributed by atoms with Gasteiger partial charge in [0.25, 0.3) is 10.0 Å². The molecule has 2 amide bonds. The number of ether oxygens (including phenoxy) is 2. The lowest BCUT2D eigenvalue weighted by Gasteiger charge is -2.32. The molecular weight excluding hydrogens is 549 g/mol. The third kappa shape index (κ3) is 7.55. The first-order chi connectivity index (χ1) is 19.4. The number of anilines is 1. The van der Waals surface area contributed by atoms with E-state index in [1.54, 1.807) is 6.92 Å². The van der Waals surface area contributed by atoms with Crippen molar-refractivity contribution in [2.45, 2.75) is 51.2 Å². The highest BCUT2D eigenvalue weighted by Crippen LogP contribution is 2.32. The van der Waals surface area contributed by atoms with Crippen molar-refractivity contribution in [2.75, 3.05) is 25.1 Å². The van der Waals surface area contributed by atoms with Crippen LogP contribution in [0.2, 0.25) is 0 Å². The summed E-state index contributed by atoms with van der Waals surface area (Å²) in [5, 5.41) is 2.82. The molecule has 1 N–H and O–H groups in total. The van der Waals surface area contributed by atoms with E-state index in [9.17, 15) is 22.4 Å². The number of hydrogen-bond donors (Lipinski definition) is 1. The largest absolute Gasteiger partial charge is 0.493 e. The summed E-state index contributed by atoms with van der Waals surface area (Å²) in [6.07, 6.45) is 0. The summed E-state index contributed by atoms with van der Waals surface area (Å²) >= 11 is 0. The van der Waals surface area contributed by atoms with E-state index in [1.807, 2.05) is 45.0 Å². The zero-order valence-corrected chi connectivity index (χ0v) is 24.9. The highest BCUT2D eigenvalue weighted by atomic mass is 32.2. The molecule has 0 fully saturated rings. The van der Waals surface area contributed by atoms with Gasteiger partial charge in [0, 0.05) is 18.7 Å². The lowest BCUT2D eigenvalue weighted by atomic mass is 10.1. The first-order valence-electron chi connectivity index (χ1n) is 13.0. The molecule has 9 nitrogen and oxygen atoms in total. The van der Waals surface area contributed by atoms with Crippen LogP contribution in [0.25, 0.3) is 0 Å². The van der Waals surface area contributed by atoms with Crippen LogP contribution < -0.4 is 19.1 Å². The van der Waals surface area contributed by atoms with Crippen molar-refractivity contribution in [3.63, 3.8) is 0 Å². The highest BCUT2D eigenvalue weighted by molar-refractivity contribution is 7.92. The molecule has 1 atom stereocenters. The molecule has 0 bridgehead atoms. The Bertz CT molecular complexity index is 1480. The van der Waals surface area contributed by atoms with Gasteiger partial charge in [0.05, 0.1) is 24.8 Å². The second-order valence-electron chi connectivity index (χ2n) is 9.79. The van der Waals surface area contributed by atoms with Gasteiger partial charge in [-0.3, -0.25) is 13.9 Å². The number of methoxy groups -OCH3 is 2. The van der Waals surface area contributed by atoms with Gasteiger partial charge in [-0.25, -0.2) is 12.8 Å². The van der Waals surface area contributed by atoms with E-state index >= 15 is 0 Å².